The van der Waals surface area contributed by atoms with Crippen LogP contribution in [0.1, 0.15) is 32.6 Å². The quantitative estimate of drug-likeness (QED) is 0.618. The minimum atomic E-state index is -0.700. The first-order chi connectivity index (χ1) is 7.56. The van der Waals surface area contributed by atoms with Gasteiger partial charge in [-0.2, -0.15) is 0 Å². The van der Waals surface area contributed by atoms with E-state index in [1.54, 1.807) is 0 Å². The van der Waals surface area contributed by atoms with E-state index in [1.165, 1.54) is 0 Å². The molecule has 0 heterocycles. The number of carboxylic acids is 1. The molecule has 0 aliphatic carbocycles. The van der Waals surface area contributed by atoms with Crippen molar-refractivity contribution < 1.29 is 9.90 Å². The van der Waals surface area contributed by atoms with Crippen LogP contribution in [0.2, 0.25) is 0 Å². The largest absolute Gasteiger partial charge is 0.481 e. The molecule has 4 nitrogen and oxygen atoms in total. The fourth-order valence-corrected chi connectivity index (χ4v) is 1.58. The number of carbonyl (C=O) groups is 1. The summed E-state index contributed by atoms with van der Waals surface area (Å²) < 4.78 is 0. The molecule has 0 saturated heterocycles. The minimum Gasteiger partial charge on any atom is -0.481 e. The summed E-state index contributed by atoms with van der Waals surface area (Å²) in [5, 5.41) is 8.67. The molecule has 0 unspecified atom stereocenters. The normalized spacial score (nSPS) is 11.3. The third-order valence-corrected chi connectivity index (χ3v) is 2.55. The number of carboxylic acid groups (broad SMARTS) is 1. The molecule has 16 heavy (non-hydrogen) atoms. The summed E-state index contributed by atoms with van der Waals surface area (Å²) in [6.07, 6.45) is 3.68. The van der Waals surface area contributed by atoms with Gasteiger partial charge < -0.3 is 14.9 Å². The van der Waals surface area contributed by atoms with Crippen LogP contribution < -0.4 is 0 Å². The van der Waals surface area contributed by atoms with E-state index < -0.39 is 5.97 Å². The fraction of sp³-hybridized carbons (Fsp3) is 0.917. The van der Waals surface area contributed by atoms with Crippen LogP contribution in [0.15, 0.2) is 0 Å². The maximum absolute atomic E-state index is 10.5. The zero-order valence-electron chi connectivity index (χ0n) is 10.9. The van der Waals surface area contributed by atoms with E-state index in [1.807, 2.05) is 0 Å². The van der Waals surface area contributed by atoms with Crippen molar-refractivity contribution >= 4 is 5.97 Å². The van der Waals surface area contributed by atoms with Crippen LogP contribution in [-0.4, -0.2) is 61.2 Å². The minimum absolute atomic E-state index is 0.256. The van der Waals surface area contributed by atoms with Gasteiger partial charge in [0.15, 0.2) is 0 Å². The number of nitrogens with zero attached hydrogens (tertiary/aromatic N) is 2. The van der Waals surface area contributed by atoms with Gasteiger partial charge in [0.25, 0.3) is 0 Å². The van der Waals surface area contributed by atoms with Crippen LogP contribution in [0.3, 0.4) is 0 Å². The molecule has 0 fully saturated rings. The Morgan fingerprint density at radius 1 is 1.06 bits per heavy atom. The van der Waals surface area contributed by atoms with Crippen molar-refractivity contribution in [3.63, 3.8) is 0 Å². The van der Waals surface area contributed by atoms with Crippen LogP contribution in [0.4, 0.5) is 0 Å². The average molecular weight is 230 g/mol. The monoisotopic (exact) mass is 230 g/mol. The second-order valence-electron chi connectivity index (χ2n) is 4.50. The summed E-state index contributed by atoms with van der Waals surface area (Å²) >= 11 is 0. The van der Waals surface area contributed by atoms with Crippen LogP contribution in [0.5, 0.6) is 0 Å². The highest BCUT2D eigenvalue weighted by Gasteiger charge is 2.06. The Morgan fingerprint density at radius 2 is 1.69 bits per heavy atom. The second-order valence-corrected chi connectivity index (χ2v) is 4.50. The van der Waals surface area contributed by atoms with Crippen molar-refractivity contribution in [3.05, 3.63) is 0 Å². The van der Waals surface area contributed by atoms with Crippen molar-refractivity contribution in [1.82, 2.24) is 9.80 Å². The Kier molecular flexibility index (Phi) is 9.24. The molecule has 0 aliphatic rings. The Hall–Kier alpha value is -0.610. The van der Waals surface area contributed by atoms with Crippen molar-refractivity contribution in [2.75, 3.05) is 40.3 Å². The number of aliphatic carboxylic acids is 1. The maximum Gasteiger partial charge on any atom is 0.304 e. The Balaban J connectivity index is 3.75. The lowest BCUT2D eigenvalue weighted by Gasteiger charge is -2.22. The summed E-state index contributed by atoms with van der Waals surface area (Å²) in [6.45, 7) is 5.94. The maximum atomic E-state index is 10.5. The zero-order chi connectivity index (χ0) is 12.4. The molecular formula is C12H26N2O2. The predicted octanol–water partition coefficient (Wildman–Crippen LogP) is 1.51. The lowest BCUT2D eigenvalue weighted by atomic mass is 10.2. The van der Waals surface area contributed by atoms with Crippen LogP contribution >= 0.6 is 0 Å². The molecule has 0 aliphatic heterocycles. The Morgan fingerprint density at radius 3 is 2.19 bits per heavy atom. The standard InChI is InChI=1S/C12H26N2O2/c1-4-5-9-14(11-7-12(15)16)10-6-8-13(2)3/h4-11H2,1-3H3,(H,15,16). The first kappa shape index (κ1) is 15.4. The highest BCUT2D eigenvalue weighted by molar-refractivity contribution is 5.66. The van der Waals surface area contributed by atoms with Crippen LogP contribution in [0.25, 0.3) is 0 Å². The van der Waals surface area contributed by atoms with Crippen LogP contribution in [-0.2, 0) is 4.79 Å². The second kappa shape index (κ2) is 9.60. The number of hydrogen-bond donors (Lipinski definition) is 1. The molecule has 96 valence electrons. The van der Waals surface area contributed by atoms with Crippen molar-refractivity contribution in [1.29, 1.82) is 0 Å². The van der Waals surface area contributed by atoms with Gasteiger partial charge in [-0.15, -0.1) is 0 Å². The molecule has 0 spiro atoms. The third kappa shape index (κ3) is 9.93. The van der Waals surface area contributed by atoms with E-state index in [2.05, 4.69) is 30.8 Å². The lowest BCUT2D eigenvalue weighted by molar-refractivity contribution is -0.137. The van der Waals surface area contributed by atoms with Gasteiger partial charge in [0.05, 0.1) is 6.42 Å². The van der Waals surface area contributed by atoms with Gasteiger partial charge in [-0.3, -0.25) is 4.79 Å². The summed E-state index contributed by atoms with van der Waals surface area (Å²) in [5.74, 6) is -0.700. The number of unbranched alkanes of at least 4 members (excludes halogenated alkanes) is 1. The smallest absolute Gasteiger partial charge is 0.304 e. The summed E-state index contributed by atoms with van der Waals surface area (Å²) in [4.78, 5) is 15.0. The summed E-state index contributed by atoms with van der Waals surface area (Å²) in [6, 6.07) is 0. The molecule has 0 bridgehead atoms. The van der Waals surface area contributed by atoms with Gasteiger partial charge in [0.2, 0.25) is 0 Å². The van der Waals surface area contributed by atoms with E-state index in [0.29, 0.717) is 6.54 Å². The molecule has 0 aromatic carbocycles. The van der Waals surface area contributed by atoms with Gasteiger partial charge in [0.1, 0.15) is 0 Å². The molecule has 0 radical (unpaired) electrons. The van der Waals surface area contributed by atoms with Crippen molar-refractivity contribution in [2.24, 2.45) is 0 Å². The topological polar surface area (TPSA) is 43.8 Å². The first-order valence-electron chi connectivity index (χ1n) is 6.15. The Labute approximate surface area is 99.2 Å². The zero-order valence-corrected chi connectivity index (χ0v) is 10.9. The molecular weight excluding hydrogens is 204 g/mol. The third-order valence-electron chi connectivity index (χ3n) is 2.55. The van der Waals surface area contributed by atoms with E-state index in [0.717, 1.165) is 38.9 Å². The first-order valence-corrected chi connectivity index (χ1v) is 6.15. The fourth-order valence-electron chi connectivity index (χ4n) is 1.58. The highest BCUT2D eigenvalue weighted by atomic mass is 16.4. The molecule has 0 aromatic rings. The molecule has 0 amide bonds. The summed E-state index contributed by atoms with van der Waals surface area (Å²) in [5.41, 5.74) is 0. The number of rotatable bonds is 10. The van der Waals surface area contributed by atoms with Gasteiger partial charge >= 0.3 is 5.97 Å². The van der Waals surface area contributed by atoms with Crippen molar-refractivity contribution in [3.8, 4) is 0 Å². The van der Waals surface area contributed by atoms with E-state index in [4.69, 9.17) is 5.11 Å². The number of hydrogen-bond acceptors (Lipinski definition) is 3. The Bertz CT molecular complexity index is 184. The highest BCUT2D eigenvalue weighted by Crippen LogP contribution is 1.99. The van der Waals surface area contributed by atoms with Gasteiger partial charge in [-0.1, -0.05) is 13.3 Å². The van der Waals surface area contributed by atoms with E-state index in [9.17, 15) is 4.79 Å². The van der Waals surface area contributed by atoms with Gasteiger partial charge in [0, 0.05) is 6.54 Å². The molecule has 4 heteroatoms. The molecule has 0 atom stereocenters. The van der Waals surface area contributed by atoms with E-state index in [-0.39, 0.29) is 6.42 Å². The van der Waals surface area contributed by atoms with Crippen molar-refractivity contribution in [2.45, 2.75) is 32.6 Å². The molecule has 0 aromatic heterocycles. The summed E-state index contributed by atoms with van der Waals surface area (Å²) in [7, 11) is 4.13. The molecule has 0 rings (SSSR count). The SMILES string of the molecule is CCCCN(CCCN(C)C)CCC(=O)O. The average Bonchev–Trinajstić information content (AvgIpc) is 2.20. The molecule has 0 saturated carbocycles. The predicted molar refractivity (Wildman–Crippen MR) is 66.8 cm³/mol. The lowest BCUT2D eigenvalue weighted by Crippen LogP contribution is -2.30. The van der Waals surface area contributed by atoms with Crippen LogP contribution in [0, 0.1) is 0 Å². The van der Waals surface area contributed by atoms with Gasteiger partial charge in [-0.25, -0.2) is 0 Å². The molecule has 1 N–H and O–H groups in total. The van der Waals surface area contributed by atoms with Gasteiger partial charge in [-0.05, 0) is 46.6 Å². The van der Waals surface area contributed by atoms with E-state index >= 15 is 0 Å².